The van der Waals surface area contributed by atoms with Crippen LogP contribution in [0, 0.1) is 48.5 Å². The monoisotopic (exact) mass is 1480 g/mol. The van der Waals surface area contributed by atoms with Crippen molar-refractivity contribution in [1.29, 1.82) is 0 Å². The molecule has 0 atom stereocenters. The zero-order chi connectivity index (χ0) is 79.6. The maximum atomic E-state index is 2.25. The molecule has 18 rings (SSSR count). The Bertz CT molecular complexity index is 5840. The molecule has 115 heavy (non-hydrogen) atoms. The van der Waals surface area contributed by atoms with E-state index in [0.29, 0.717) is 0 Å². The second-order valence-corrected chi connectivity index (χ2v) is 28.9. The van der Waals surface area contributed by atoms with Crippen molar-refractivity contribution in [2.75, 3.05) is 0 Å². The first-order valence-electron chi connectivity index (χ1n) is 39.7. The van der Waals surface area contributed by atoms with Gasteiger partial charge in [0.25, 0.3) is 0 Å². The molecule has 0 radical (unpaired) electrons. The molecule has 0 saturated carbocycles. The first kappa shape index (κ1) is 80.5. The van der Waals surface area contributed by atoms with E-state index in [1.165, 1.54) is 161 Å². The normalized spacial score (nSPS) is 10.2. The topological polar surface area (TPSA) is 0 Å². The molecule has 0 heterocycles. The molecule has 0 aliphatic rings. The van der Waals surface area contributed by atoms with Crippen molar-refractivity contribution < 1.29 is 0 Å². The van der Waals surface area contributed by atoms with E-state index >= 15 is 0 Å². The molecule has 18 aromatic carbocycles. The van der Waals surface area contributed by atoms with Gasteiger partial charge in [-0.1, -0.05) is 507 Å². The number of rotatable bonds is 11. The third kappa shape index (κ3) is 24.5. The second kappa shape index (κ2) is 42.4. The molecule has 0 spiro atoms. The van der Waals surface area contributed by atoms with Crippen LogP contribution in [0.15, 0.2) is 479 Å². The van der Waals surface area contributed by atoms with E-state index in [-0.39, 0.29) is 0 Å². The van der Waals surface area contributed by atoms with E-state index in [1.54, 1.807) is 0 Å². The van der Waals surface area contributed by atoms with Crippen molar-refractivity contribution in [3.63, 3.8) is 0 Å². The highest BCUT2D eigenvalue weighted by atomic mass is 14.1. The molecular formula is C115H100. The first-order valence-corrected chi connectivity index (χ1v) is 39.7. The predicted molar refractivity (Wildman–Crippen MR) is 498 cm³/mol. The van der Waals surface area contributed by atoms with Crippen LogP contribution in [0.4, 0.5) is 0 Å². The largest absolute Gasteiger partial charge is 0.0622 e. The van der Waals surface area contributed by atoms with Crippen molar-refractivity contribution >= 4 is 0 Å². The summed E-state index contributed by atoms with van der Waals surface area (Å²) >= 11 is 0. The van der Waals surface area contributed by atoms with Gasteiger partial charge in [-0.2, -0.15) is 0 Å². The molecule has 0 aliphatic carbocycles. The van der Waals surface area contributed by atoms with Gasteiger partial charge in [-0.05, 0) is 182 Å². The molecule has 0 N–H and O–H groups in total. The molecule has 0 unspecified atom stereocenters. The third-order valence-electron chi connectivity index (χ3n) is 20.0. The number of hydrogen-bond donors (Lipinski definition) is 0. The zero-order valence-electron chi connectivity index (χ0n) is 67.1. The number of aryl methyl sites for hydroxylation is 7. The van der Waals surface area contributed by atoms with E-state index in [9.17, 15) is 0 Å². The molecular weight excluding hydrogens is 1380 g/mol. The lowest BCUT2D eigenvalue weighted by atomic mass is 9.94. The maximum absolute atomic E-state index is 2.25. The van der Waals surface area contributed by atoms with Crippen LogP contribution >= 0.6 is 0 Å². The smallest absolute Gasteiger partial charge is 0.0105 e. The first-order chi connectivity index (χ1) is 56.4. The lowest BCUT2D eigenvalue weighted by Gasteiger charge is -2.10. The lowest BCUT2D eigenvalue weighted by Crippen LogP contribution is -1.84. The van der Waals surface area contributed by atoms with Crippen LogP contribution in [0.5, 0.6) is 0 Å². The Kier molecular flexibility index (Phi) is 29.7. The van der Waals surface area contributed by atoms with Gasteiger partial charge < -0.3 is 0 Å². The summed E-state index contributed by atoms with van der Waals surface area (Å²) in [7, 11) is 0. The van der Waals surface area contributed by atoms with Crippen LogP contribution < -0.4 is 0 Å². The molecule has 0 aliphatic heterocycles. The van der Waals surface area contributed by atoms with Crippen LogP contribution in [0.25, 0.3) is 122 Å². The van der Waals surface area contributed by atoms with Gasteiger partial charge in [0.1, 0.15) is 0 Å². The van der Waals surface area contributed by atoms with Gasteiger partial charge >= 0.3 is 0 Å². The second-order valence-electron chi connectivity index (χ2n) is 28.9. The van der Waals surface area contributed by atoms with Crippen molar-refractivity contribution in [3.8, 4) is 122 Å². The van der Waals surface area contributed by atoms with Crippen LogP contribution in [-0.2, 0) is 0 Å². The molecule has 0 bridgehead atoms. The van der Waals surface area contributed by atoms with Gasteiger partial charge in [-0.25, -0.2) is 0 Å². The summed E-state index contributed by atoms with van der Waals surface area (Å²) in [6, 6.07) is 168. The summed E-state index contributed by atoms with van der Waals surface area (Å²) in [5.74, 6) is 0. The van der Waals surface area contributed by atoms with Gasteiger partial charge in [0, 0.05) is 0 Å². The quantitative estimate of drug-likeness (QED) is 0.121. The van der Waals surface area contributed by atoms with Crippen molar-refractivity contribution in [1.82, 2.24) is 0 Å². The van der Waals surface area contributed by atoms with Crippen LogP contribution in [0.1, 0.15) is 38.9 Å². The molecule has 560 valence electrons. The minimum atomic E-state index is 1.26. The van der Waals surface area contributed by atoms with Crippen molar-refractivity contribution in [2.45, 2.75) is 48.5 Å². The van der Waals surface area contributed by atoms with E-state index < -0.39 is 0 Å². The minimum absolute atomic E-state index is 1.26. The summed E-state index contributed by atoms with van der Waals surface area (Å²) in [6.07, 6.45) is 0. The average molecular weight is 1480 g/mol. The Labute approximate surface area is 684 Å². The highest BCUT2D eigenvalue weighted by molar-refractivity contribution is 5.84. The average Bonchev–Trinajstić information content (AvgIpc) is 0.823. The Morgan fingerprint density at radius 1 is 0.0957 bits per heavy atom. The number of benzene rings is 18. The standard InChI is InChI=1S/4C19H16.3C13H12/c1-15-6-5-9-19(14-15)18-12-10-17(11-13-18)16-7-3-2-4-8-16;1-15-11-13-17(14-12-15)19-10-6-5-9-18(19)16-7-3-2-4-8-16;1-15-10-12-17(13-11-15)19-9-5-8-18(14-19)16-6-3-2-4-7-16;1-15-7-9-17(10-8-15)19-13-11-18(12-14-19)16-5-3-2-4-6-16;1-11-7-5-6-10-13(11)12-8-3-2-4-9-12;1-11-6-5-9-13(10-11)12-7-3-2-4-8-12;1-11-7-9-13(10-8-11)12-5-3-2-4-6-12/h4*2-14H,1H3;3*2-10H,1H3. The summed E-state index contributed by atoms with van der Waals surface area (Å²) < 4.78 is 0. The van der Waals surface area contributed by atoms with Crippen molar-refractivity contribution in [3.05, 3.63) is 518 Å². The van der Waals surface area contributed by atoms with Crippen LogP contribution in [-0.4, -0.2) is 0 Å². The van der Waals surface area contributed by atoms with Gasteiger partial charge in [0.05, 0.1) is 0 Å². The van der Waals surface area contributed by atoms with E-state index in [0.717, 1.165) is 0 Å². The fourth-order valence-corrected chi connectivity index (χ4v) is 13.5. The predicted octanol–water partition coefficient (Wildman–Crippen LogP) is 32.3. The molecule has 0 amide bonds. The van der Waals surface area contributed by atoms with E-state index in [2.05, 4.69) is 491 Å². The summed E-state index contributed by atoms with van der Waals surface area (Å²) in [5.41, 5.74) is 37.2. The molecule has 0 aromatic heterocycles. The van der Waals surface area contributed by atoms with E-state index in [1.807, 2.05) is 36.4 Å². The van der Waals surface area contributed by atoms with Crippen LogP contribution in [0.2, 0.25) is 0 Å². The zero-order valence-corrected chi connectivity index (χ0v) is 67.1. The van der Waals surface area contributed by atoms with Crippen LogP contribution in [0.3, 0.4) is 0 Å². The highest BCUT2D eigenvalue weighted by Gasteiger charge is 2.09. The highest BCUT2D eigenvalue weighted by Crippen LogP contribution is 2.34. The summed E-state index contributed by atoms with van der Waals surface area (Å²) in [6.45, 7) is 14.8. The van der Waals surface area contributed by atoms with Crippen molar-refractivity contribution in [2.24, 2.45) is 0 Å². The Morgan fingerprint density at radius 2 is 0.261 bits per heavy atom. The van der Waals surface area contributed by atoms with Gasteiger partial charge in [-0.3, -0.25) is 0 Å². The maximum Gasteiger partial charge on any atom is -0.0105 e. The SMILES string of the molecule is Cc1ccc(-c2ccc(-c3ccccc3)cc2)cc1.Cc1ccc(-c2cccc(-c3ccccc3)c2)cc1.Cc1ccc(-c2ccccc2)cc1.Cc1ccc(-c2ccccc2-c2ccccc2)cc1.Cc1cccc(-c2ccc(-c3ccccc3)cc2)c1.Cc1cccc(-c2ccccc2)c1.Cc1ccccc1-c1ccccc1. The summed E-state index contributed by atoms with van der Waals surface area (Å²) in [5, 5.41) is 0. The molecule has 0 saturated heterocycles. The third-order valence-corrected chi connectivity index (χ3v) is 20.0. The van der Waals surface area contributed by atoms with Gasteiger partial charge in [0.15, 0.2) is 0 Å². The summed E-state index contributed by atoms with van der Waals surface area (Å²) in [4.78, 5) is 0. The Morgan fingerprint density at radius 3 is 0.530 bits per heavy atom. The molecule has 0 nitrogen and oxygen atoms in total. The number of hydrogen-bond acceptors (Lipinski definition) is 0. The lowest BCUT2D eigenvalue weighted by molar-refractivity contribution is 1.46. The molecule has 0 heteroatoms. The fourth-order valence-electron chi connectivity index (χ4n) is 13.5. The minimum Gasteiger partial charge on any atom is -0.0622 e. The van der Waals surface area contributed by atoms with Gasteiger partial charge in [0.2, 0.25) is 0 Å². The Balaban J connectivity index is 0.000000125. The fraction of sp³-hybridized carbons (Fsp3) is 0.0609. The van der Waals surface area contributed by atoms with Gasteiger partial charge in [-0.15, -0.1) is 0 Å². The molecule has 0 fully saturated rings. The van der Waals surface area contributed by atoms with E-state index in [4.69, 9.17) is 0 Å². The Hall–Kier alpha value is -14.0. The molecule has 18 aromatic rings.